The Labute approximate surface area is 211 Å². The van der Waals surface area contributed by atoms with Crippen LogP contribution in [0.15, 0.2) is 47.5 Å². The Hall–Kier alpha value is -2.83. The molecular weight excluding hydrogens is 521 g/mol. The van der Waals surface area contributed by atoms with Gasteiger partial charge in [0.15, 0.2) is 15.5 Å². The van der Waals surface area contributed by atoms with E-state index in [1.807, 2.05) is 0 Å². The average molecular weight is 539 g/mol. The van der Waals surface area contributed by atoms with E-state index >= 15 is 0 Å². The fraction of sp³-hybridized carbons (Fsp3) is 0.261. The van der Waals surface area contributed by atoms with Crippen molar-refractivity contribution in [1.82, 2.24) is 4.98 Å². The van der Waals surface area contributed by atoms with Crippen LogP contribution in [0, 0.1) is 9.87 Å². The summed E-state index contributed by atoms with van der Waals surface area (Å²) in [6.07, 6.45) is -4.61. The van der Waals surface area contributed by atoms with Crippen LogP contribution in [0.4, 0.5) is 18.9 Å². The van der Waals surface area contributed by atoms with Gasteiger partial charge in [-0.15, -0.1) is 11.3 Å². The molecule has 6 nitrogen and oxygen atoms in total. The maximum Gasteiger partial charge on any atom is 0.416 e. The number of aromatic amines is 1. The summed E-state index contributed by atoms with van der Waals surface area (Å²) in [4.78, 5) is 31.9. The number of carbonyl (C=O) groups excluding carboxylic acids is 2. The van der Waals surface area contributed by atoms with Crippen LogP contribution in [-0.2, 0) is 15.8 Å². The van der Waals surface area contributed by atoms with Gasteiger partial charge >= 0.3 is 6.18 Å². The first kappa shape index (κ1) is 23.9. The van der Waals surface area contributed by atoms with Crippen molar-refractivity contribution in [3.63, 3.8) is 0 Å². The molecule has 2 aromatic carbocycles. The van der Waals surface area contributed by atoms with Crippen molar-refractivity contribution in [2.45, 2.75) is 22.4 Å². The average Bonchev–Trinajstić information content (AvgIpc) is 3.32. The number of imide groups is 1. The smallest absolute Gasteiger partial charge is 0.416 e. The third kappa shape index (κ3) is 3.93. The number of hydrogen-bond acceptors (Lipinski definition) is 7. The van der Waals surface area contributed by atoms with E-state index in [9.17, 15) is 22.8 Å². The van der Waals surface area contributed by atoms with Gasteiger partial charge in [-0.1, -0.05) is 23.9 Å². The minimum Gasteiger partial charge on any atom is -0.493 e. The molecule has 0 aliphatic carbocycles. The van der Waals surface area contributed by atoms with Gasteiger partial charge in [0.25, 0.3) is 0 Å². The predicted octanol–water partition coefficient (Wildman–Crippen LogP) is 5.64. The number of H-pyrrole nitrogens is 1. The highest BCUT2D eigenvalue weighted by molar-refractivity contribution is 8.01. The summed E-state index contributed by atoms with van der Waals surface area (Å²) in [6, 6.07) is 9.49. The number of thiazole rings is 1. The quantitative estimate of drug-likeness (QED) is 0.343. The Balaban J connectivity index is 1.63. The Bertz CT molecular complexity index is 1400. The second kappa shape index (κ2) is 8.68. The molecule has 1 fully saturated rings. The predicted molar refractivity (Wildman–Crippen MR) is 128 cm³/mol. The number of carbonyl (C=O) groups is 2. The van der Waals surface area contributed by atoms with Crippen LogP contribution in [0.5, 0.6) is 11.5 Å². The van der Waals surface area contributed by atoms with Gasteiger partial charge in [0.2, 0.25) is 11.8 Å². The highest BCUT2D eigenvalue weighted by atomic mass is 32.2. The molecule has 182 valence electrons. The van der Waals surface area contributed by atoms with Crippen molar-refractivity contribution in [1.29, 1.82) is 0 Å². The number of alkyl halides is 3. The lowest BCUT2D eigenvalue weighted by molar-refractivity contribution is -0.137. The first-order valence-corrected chi connectivity index (χ1v) is 12.4. The molecule has 1 N–H and O–H groups in total. The number of thioether (sulfide) groups is 1. The summed E-state index contributed by atoms with van der Waals surface area (Å²) >= 11 is 7.82. The molecule has 0 bridgehead atoms. The SMILES string of the molecule is COc1ccc([C@@H]2c3sc(=S)[nH]c3S[C@H]3C(=O)N(c4cccc(C(F)(F)F)c4)C(=O)[C@@H]23)cc1OC. The molecule has 2 amide bonds. The van der Waals surface area contributed by atoms with Crippen LogP contribution >= 0.6 is 35.3 Å². The molecule has 3 heterocycles. The number of nitrogens with one attached hydrogen (secondary N) is 1. The number of fused-ring (bicyclic) bond motifs is 2. The molecule has 0 saturated carbocycles. The number of aromatic nitrogens is 1. The maximum atomic E-state index is 13.7. The third-order valence-electron chi connectivity index (χ3n) is 6.02. The summed E-state index contributed by atoms with van der Waals surface area (Å²) in [5.74, 6) is -1.57. The Morgan fingerprint density at radius 3 is 2.46 bits per heavy atom. The zero-order valence-corrected chi connectivity index (χ0v) is 20.7. The molecule has 0 spiro atoms. The fourth-order valence-electron chi connectivity index (χ4n) is 4.50. The Morgan fingerprint density at radius 1 is 1.03 bits per heavy atom. The lowest BCUT2D eigenvalue weighted by atomic mass is 9.83. The minimum absolute atomic E-state index is 0.104. The number of halogens is 3. The summed E-state index contributed by atoms with van der Waals surface area (Å²) < 4.78 is 51.2. The largest absolute Gasteiger partial charge is 0.493 e. The molecular formula is C23H17F3N2O4S3. The molecule has 12 heteroatoms. The van der Waals surface area contributed by atoms with E-state index in [1.54, 1.807) is 18.2 Å². The summed E-state index contributed by atoms with van der Waals surface area (Å²) in [6.45, 7) is 0. The first-order valence-electron chi connectivity index (χ1n) is 10.3. The monoisotopic (exact) mass is 538 g/mol. The van der Waals surface area contributed by atoms with Crippen molar-refractivity contribution in [3.05, 3.63) is 62.4 Å². The van der Waals surface area contributed by atoms with Crippen LogP contribution < -0.4 is 14.4 Å². The van der Waals surface area contributed by atoms with Gasteiger partial charge in [0.1, 0.15) is 5.25 Å². The number of methoxy groups -OCH3 is 2. The van der Waals surface area contributed by atoms with E-state index in [0.29, 0.717) is 26.0 Å². The maximum absolute atomic E-state index is 13.7. The molecule has 5 rings (SSSR count). The zero-order valence-electron chi connectivity index (χ0n) is 18.2. The van der Waals surface area contributed by atoms with E-state index in [0.717, 1.165) is 21.9 Å². The Kier molecular flexibility index (Phi) is 5.93. The van der Waals surface area contributed by atoms with Crippen LogP contribution in [0.2, 0.25) is 0 Å². The molecule has 3 atom stereocenters. The van der Waals surface area contributed by atoms with Crippen molar-refractivity contribution in [2.24, 2.45) is 5.92 Å². The third-order valence-corrected chi connectivity index (χ3v) is 8.78. The zero-order chi connectivity index (χ0) is 25.1. The number of rotatable bonds is 4. The van der Waals surface area contributed by atoms with E-state index in [4.69, 9.17) is 21.7 Å². The number of amides is 2. The molecule has 3 aromatic rings. The highest BCUT2D eigenvalue weighted by Crippen LogP contribution is 2.54. The number of hydrogen-bond donors (Lipinski definition) is 1. The fourth-order valence-corrected chi connectivity index (χ4v) is 7.46. The number of benzene rings is 2. The van der Waals surface area contributed by atoms with E-state index in [2.05, 4.69) is 4.98 Å². The lowest BCUT2D eigenvalue weighted by Gasteiger charge is -2.30. The minimum atomic E-state index is -4.61. The molecule has 1 saturated heterocycles. The van der Waals surface area contributed by atoms with Crippen LogP contribution in [-0.4, -0.2) is 36.3 Å². The Morgan fingerprint density at radius 2 is 1.77 bits per heavy atom. The summed E-state index contributed by atoms with van der Waals surface area (Å²) in [7, 11) is 3.00. The highest BCUT2D eigenvalue weighted by Gasteiger charge is 2.56. The number of anilines is 1. The van der Waals surface area contributed by atoms with Crippen molar-refractivity contribution in [3.8, 4) is 11.5 Å². The van der Waals surface area contributed by atoms with Gasteiger partial charge in [-0.25, -0.2) is 4.90 Å². The van der Waals surface area contributed by atoms with E-state index < -0.39 is 40.6 Å². The molecule has 2 aliphatic rings. The van der Waals surface area contributed by atoms with Crippen LogP contribution in [0.25, 0.3) is 0 Å². The van der Waals surface area contributed by atoms with Crippen molar-refractivity contribution >= 4 is 52.8 Å². The topological polar surface area (TPSA) is 71.6 Å². The standard InChI is InChI=1S/C23H17F3N2O4S3/c1-31-13-7-6-10(8-14(13)32-2)15-16-18(34-19-17(15)35-22(33)27-19)21(30)28(20(16)29)12-5-3-4-11(9-12)23(24,25)26/h3-9,15-16,18H,1-2H3,(H,27,33)/t15-,16-,18+/m0/s1. The number of nitrogens with zero attached hydrogens (tertiary/aromatic N) is 1. The normalized spacial score (nSPS) is 21.6. The molecule has 0 radical (unpaired) electrons. The van der Waals surface area contributed by atoms with Gasteiger partial charge in [-0.05, 0) is 48.1 Å². The van der Waals surface area contributed by atoms with Gasteiger partial charge < -0.3 is 14.5 Å². The first-order chi connectivity index (χ1) is 16.6. The molecule has 0 unspecified atom stereocenters. The van der Waals surface area contributed by atoms with Gasteiger partial charge in [0.05, 0.1) is 36.4 Å². The summed E-state index contributed by atoms with van der Waals surface area (Å²) in [5.41, 5.74) is -0.332. The molecule has 35 heavy (non-hydrogen) atoms. The molecule has 2 aliphatic heterocycles. The van der Waals surface area contributed by atoms with Gasteiger partial charge in [0, 0.05) is 10.8 Å². The van der Waals surface area contributed by atoms with Crippen molar-refractivity contribution in [2.75, 3.05) is 19.1 Å². The van der Waals surface area contributed by atoms with Crippen LogP contribution in [0.1, 0.15) is 21.9 Å². The van der Waals surface area contributed by atoms with Crippen LogP contribution in [0.3, 0.4) is 0 Å². The molecule has 1 aromatic heterocycles. The van der Waals surface area contributed by atoms with Gasteiger partial charge in [-0.2, -0.15) is 13.2 Å². The number of ether oxygens (including phenoxy) is 2. The van der Waals surface area contributed by atoms with E-state index in [-0.39, 0.29) is 5.69 Å². The second-order valence-electron chi connectivity index (χ2n) is 7.92. The van der Waals surface area contributed by atoms with E-state index in [1.165, 1.54) is 49.5 Å². The lowest BCUT2D eigenvalue weighted by Crippen LogP contribution is -2.32. The van der Waals surface area contributed by atoms with Gasteiger partial charge in [-0.3, -0.25) is 9.59 Å². The summed E-state index contributed by atoms with van der Waals surface area (Å²) in [5, 5.41) is -0.157. The van der Waals surface area contributed by atoms with Crippen molar-refractivity contribution < 1.29 is 32.2 Å². The second-order valence-corrected chi connectivity index (χ2v) is 10.8.